The van der Waals surface area contributed by atoms with Crippen molar-refractivity contribution in [3.8, 4) is 0 Å². The van der Waals surface area contributed by atoms with E-state index in [9.17, 15) is 4.79 Å². The Bertz CT molecular complexity index is 436. The Labute approximate surface area is 119 Å². The summed E-state index contributed by atoms with van der Waals surface area (Å²) in [4.78, 5) is 13.5. The molecule has 4 heteroatoms. The van der Waals surface area contributed by atoms with Gasteiger partial charge in [-0.05, 0) is 25.0 Å². The second-order valence-corrected chi connectivity index (χ2v) is 5.89. The maximum Gasteiger partial charge on any atom is 0.230 e. The predicted octanol–water partition coefficient (Wildman–Crippen LogP) is 1.98. The standard InChI is InChI=1S/C15H21ClN2O/c1-12-5-4-9-18(11-12)10-8-15(19)17-14-7-3-2-6-13(14)16/h2-3,6-7,12H,4-5,8-11H2,1H3,(H,17,19)/p+1/t12-/m0/s1. The molecule has 1 unspecified atom stereocenters. The number of quaternary nitrogens is 1. The van der Waals surface area contributed by atoms with E-state index in [2.05, 4.69) is 12.2 Å². The second-order valence-electron chi connectivity index (χ2n) is 5.48. The SMILES string of the molecule is C[C@H]1CCC[NH+](CCC(=O)Nc2ccccc2Cl)C1. The normalized spacial score (nSPS) is 23.1. The van der Waals surface area contributed by atoms with Crippen LogP contribution in [-0.4, -0.2) is 25.5 Å². The first-order valence-electron chi connectivity index (χ1n) is 7.03. The number of para-hydroxylation sites is 1. The number of halogens is 1. The molecule has 1 saturated heterocycles. The third-order valence-corrected chi connectivity index (χ3v) is 4.05. The Kier molecular flexibility index (Phi) is 5.23. The van der Waals surface area contributed by atoms with Gasteiger partial charge in [0.15, 0.2) is 0 Å². The minimum atomic E-state index is 0.0545. The first kappa shape index (κ1) is 14.4. The molecule has 2 N–H and O–H groups in total. The molecule has 0 saturated carbocycles. The minimum Gasteiger partial charge on any atom is -0.334 e. The van der Waals surface area contributed by atoms with Crippen molar-refractivity contribution in [2.45, 2.75) is 26.2 Å². The lowest BCUT2D eigenvalue weighted by Crippen LogP contribution is -3.13. The van der Waals surface area contributed by atoms with Gasteiger partial charge in [-0.2, -0.15) is 0 Å². The third kappa shape index (κ3) is 4.51. The van der Waals surface area contributed by atoms with E-state index in [1.165, 1.54) is 25.9 Å². The van der Waals surface area contributed by atoms with Crippen LogP contribution < -0.4 is 10.2 Å². The fraction of sp³-hybridized carbons (Fsp3) is 0.533. The maximum atomic E-state index is 11.9. The van der Waals surface area contributed by atoms with Gasteiger partial charge in [0, 0.05) is 5.92 Å². The highest BCUT2D eigenvalue weighted by Crippen LogP contribution is 2.20. The van der Waals surface area contributed by atoms with Crippen molar-refractivity contribution in [3.05, 3.63) is 29.3 Å². The Morgan fingerprint density at radius 3 is 3.00 bits per heavy atom. The van der Waals surface area contributed by atoms with Crippen LogP contribution in [0.1, 0.15) is 26.2 Å². The minimum absolute atomic E-state index is 0.0545. The van der Waals surface area contributed by atoms with Crippen LogP contribution in [0.15, 0.2) is 24.3 Å². The summed E-state index contributed by atoms with van der Waals surface area (Å²) in [6, 6.07) is 7.35. The van der Waals surface area contributed by atoms with E-state index in [-0.39, 0.29) is 5.91 Å². The van der Waals surface area contributed by atoms with Gasteiger partial charge in [-0.1, -0.05) is 30.7 Å². The molecule has 0 aliphatic carbocycles. The molecule has 1 aliphatic heterocycles. The van der Waals surface area contributed by atoms with E-state index in [1.807, 2.05) is 18.2 Å². The summed E-state index contributed by atoms with van der Waals surface area (Å²) in [5.41, 5.74) is 0.705. The highest BCUT2D eigenvalue weighted by Gasteiger charge is 2.20. The summed E-state index contributed by atoms with van der Waals surface area (Å²) in [6.45, 7) is 5.60. The average Bonchev–Trinajstić information content (AvgIpc) is 2.39. The number of rotatable bonds is 4. The van der Waals surface area contributed by atoms with Gasteiger partial charge in [0.1, 0.15) is 0 Å². The van der Waals surface area contributed by atoms with Gasteiger partial charge in [0.2, 0.25) is 5.91 Å². The molecule has 104 valence electrons. The summed E-state index contributed by atoms with van der Waals surface area (Å²) < 4.78 is 0. The smallest absolute Gasteiger partial charge is 0.230 e. The quantitative estimate of drug-likeness (QED) is 0.869. The van der Waals surface area contributed by atoms with Crippen LogP contribution in [0.25, 0.3) is 0 Å². The Balaban J connectivity index is 1.77. The number of hydrogen-bond acceptors (Lipinski definition) is 1. The number of hydrogen-bond donors (Lipinski definition) is 2. The van der Waals surface area contributed by atoms with Crippen molar-refractivity contribution >= 4 is 23.2 Å². The molecule has 1 amide bonds. The zero-order valence-electron chi connectivity index (χ0n) is 11.4. The molecule has 1 aromatic rings. The van der Waals surface area contributed by atoms with Crippen molar-refractivity contribution in [3.63, 3.8) is 0 Å². The molecule has 2 atom stereocenters. The van der Waals surface area contributed by atoms with Crippen LogP contribution in [-0.2, 0) is 4.79 Å². The van der Waals surface area contributed by atoms with Gasteiger partial charge in [-0.3, -0.25) is 4.79 Å². The molecule has 1 aliphatic rings. The number of likely N-dealkylation sites (tertiary alicyclic amines) is 1. The van der Waals surface area contributed by atoms with Gasteiger partial charge < -0.3 is 10.2 Å². The molecular weight excluding hydrogens is 260 g/mol. The van der Waals surface area contributed by atoms with Gasteiger partial charge in [0.05, 0.1) is 36.8 Å². The van der Waals surface area contributed by atoms with Crippen molar-refractivity contribution in [1.29, 1.82) is 0 Å². The molecule has 0 aromatic heterocycles. The van der Waals surface area contributed by atoms with Gasteiger partial charge in [0.25, 0.3) is 0 Å². The van der Waals surface area contributed by atoms with Gasteiger partial charge >= 0.3 is 0 Å². The fourth-order valence-electron chi connectivity index (χ4n) is 2.69. The van der Waals surface area contributed by atoms with Gasteiger partial charge in [-0.15, -0.1) is 0 Å². The van der Waals surface area contributed by atoms with E-state index < -0.39 is 0 Å². The summed E-state index contributed by atoms with van der Waals surface area (Å²) in [7, 11) is 0. The average molecular weight is 282 g/mol. The summed E-state index contributed by atoms with van der Waals surface area (Å²) >= 11 is 6.02. The molecule has 1 heterocycles. The second kappa shape index (κ2) is 6.92. The topological polar surface area (TPSA) is 33.5 Å². The highest BCUT2D eigenvalue weighted by atomic mass is 35.5. The van der Waals surface area contributed by atoms with E-state index in [0.29, 0.717) is 17.1 Å². The van der Waals surface area contributed by atoms with Crippen molar-refractivity contribution in [1.82, 2.24) is 0 Å². The summed E-state index contributed by atoms with van der Waals surface area (Å²) in [5.74, 6) is 0.842. The first-order chi connectivity index (χ1) is 9.15. The van der Waals surface area contributed by atoms with Crippen molar-refractivity contribution in [2.24, 2.45) is 5.92 Å². The molecule has 1 fully saturated rings. The lowest BCUT2D eigenvalue weighted by molar-refractivity contribution is -0.907. The Morgan fingerprint density at radius 1 is 1.47 bits per heavy atom. The Hall–Kier alpha value is -1.06. The van der Waals surface area contributed by atoms with Gasteiger partial charge in [-0.25, -0.2) is 0 Å². The number of nitrogens with one attached hydrogen (secondary N) is 2. The number of anilines is 1. The number of carbonyl (C=O) groups is 1. The third-order valence-electron chi connectivity index (χ3n) is 3.72. The van der Waals surface area contributed by atoms with E-state index in [1.54, 1.807) is 11.0 Å². The lowest BCUT2D eigenvalue weighted by Gasteiger charge is -2.27. The molecule has 3 nitrogen and oxygen atoms in total. The molecule has 0 spiro atoms. The molecule has 1 aromatic carbocycles. The Morgan fingerprint density at radius 2 is 2.26 bits per heavy atom. The van der Waals surface area contributed by atoms with Crippen LogP contribution in [0, 0.1) is 5.92 Å². The molecule has 0 radical (unpaired) electrons. The molecule has 19 heavy (non-hydrogen) atoms. The zero-order chi connectivity index (χ0) is 13.7. The van der Waals surface area contributed by atoms with E-state index in [4.69, 9.17) is 11.6 Å². The van der Waals surface area contributed by atoms with Crippen molar-refractivity contribution in [2.75, 3.05) is 25.0 Å². The molecular formula is C15H22ClN2O+. The fourth-order valence-corrected chi connectivity index (χ4v) is 2.87. The monoisotopic (exact) mass is 281 g/mol. The number of piperidine rings is 1. The lowest BCUT2D eigenvalue weighted by atomic mass is 10.0. The number of carbonyl (C=O) groups excluding carboxylic acids is 1. The number of benzene rings is 1. The summed E-state index contributed by atoms with van der Waals surface area (Å²) in [6.07, 6.45) is 3.17. The largest absolute Gasteiger partial charge is 0.334 e. The molecule has 0 bridgehead atoms. The van der Waals surface area contributed by atoms with E-state index >= 15 is 0 Å². The molecule has 2 rings (SSSR count). The van der Waals surface area contributed by atoms with E-state index in [0.717, 1.165) is 12.5 Å². The van der Waals surface area contributed by atoms with Crippen LogP contribution in [0.3, 0.4) is 0 Å². The van der Waals surface area contributed by atoms with Crippen LogP contribution in [0.4, 0.5) is 5.69 Å². The van der Waals surface area contributed by atoms with Crippen LogP contribution >= 0.6 is 11.6 Å². The summed E-state index contributed by atoms with van der Waals surface area (Å²) in [5, 5.41) is 3.47. The van der Waals surface area contributed by atoms with Crippen LogP contribution in [0.2, 0.25) is 5.02 Å². The van der Waals surface area contributed by atoms with Crippen LogP contribution in [0.5, 0.6) is 0 Å². The van der Waals surface area contributed by atoms with Crippen molar-refractivity contribution < 1.29 is 9.69 Å². The first-order valence-corrected chi connectivity index (χ1v) is 7.41. The highest BCUT2D eigenvalue weighted by molar-refractivity contribution is 6.33. The maximum absolute atomic E-state index is 11.9. The zero-order valence-corrected chi connectivity index (χ0v) is 12.2. The predicted molar refractivity (Wildman–Crippen MR) is 78.7 cm³/mol. The number of amides is 1.